The van der Waals surface area contributed by atoms with E-state index in [1.807, 2.05) is 45.0 Å². The molecule has 4 heteroatoms. The maximum absolute atomic E-state index is 12.1. The molecule has 1 aromatic carbocycles. The van der Waals surface area contributed by atoms with Gasteiger partial charge in [0, 0.05) is 18.1 Å². The van der Waals surface area contributed by atoms with Crippen LogP contribution in [0.15, 0.2) is 36.7 Å². The summed E-state index contributed by atoms with van der Waals surface area (Å²) in [4.78, 5) is 12.1. The van der Waals surface area contributed by atoms with Crippen LogP contribution in [0.5, 0.6) is 0 Å². The third-order valence-corrected chi connectivity index (χ3v) is 3.03. The molecule has 4 nitrogen and oxygen atoms in total. The molecule has 0 saturated heterocycles. The first-order chi connectivity index (χ1) is 8.59. The van der Waals surface area contributed by atoms with E-state index in [0.717, 1.165) is 16.8 Å². The van der Waals surface area contributed by atoms with E-state index in [4.69, 9.17) is 0 Å². The summed E-state index contributed by atoms with van der Waals surface area (Å²) in [5, 5.41) is 7.05. The summed E-state index contributed by atoms with van der Waals surface area (Å²) < 4.78 is 1.64. The van der Waals surface area contributed by atoms with Crippen molar-refractivity contribution in [2.75, 3.05) is 5.32 Å². The Bertz CT molecular complexity index is 526. The van der Waals surface area contributed by atoms with Crippen LogP contribution >= 0.6 is 0 Å². The second kappa shape index (κ2) is 5.04. The number of carbonyl (C=O) groups excluding carboxylic acids is 1. The molecule has 94 valence electrons. The van der Waals surface area contributed by atoms with E-state index < -0.39 is 0 Å². The van der Waals surface area contributed by atoms with Gasteiger partial charge < -0.3 is 5.32 Å². The van der Waals surface area contributed by atoms with Crippen molar-refractivity contribution in [3.8, 4) is 0 Å². The highest BCUT2D eigenvalue weighted by Crippen LogP contribution is 2.20. The molecule has 0 spiro atoms. The van der Waals surface area contributed by atoms with E-state index in [-0.39, 0.29) is 11.9 Å². The maximum atomic E-state index is 12.1. The van der Waals surface area contributed by atoms with Crippen molar-refractivity contribution in [3.63, 3.8) is 0 Å². The van der Waals surface area contributed by atoms with E-state index in [1.165, 1.54) is 0 Å². The summed E-state index contributed by atoms with van der Waals surface area (Å²) in [6.07, 6.45) is 3.46. The van der Waals surface area contributed by atoms with Crippen molar-refractivity contribution >= 4 is 11.6 Å². The van der Waals surface area contributed by atoms with Gasteiger partial charge in [0.25, 0.3) is 0 Å². The Balaban J connectivity index is 2.17. The number of benzene rings is 1. The van der Waals surface area contributed by atoms with Crippen LogP contribution < -0.4 is 5.32 Å². The Morgan fingerprint density at radius 3 is 2.50 bits per heavy atom. The molecule has 1 amide bonds. The fourth-order valence-electron chi connectivity index (χ4n) is 1.87. The molecule has 0 radical (unpaired) electrons. The first-order valence-electron chi connectivity index (χ1n) is 5.96. The molecule has 0 bridgehead atoms. The van der Waals surface area contributed by atoms with Gasteiger partial charge in [0.2, 0.25) is 5.91 Å². The van der Waals surface area contributed by atoms with Crippen LogP contribution in [0.25, 0.3) is 0 Å². The SMILES string of the molecule is Cc1cccc(C)c1NC(=O)C(C)n1cccn1. The van der Waals surface area contributed by atoms with E-state index in [1.54, 1.807) is 17.1 Å². The van der Waals surface area contributed by atoms with Crippen LogP contribution in [-0.4, -0.2) is 15.7 Å². The maximum Gasteiger partial charge on any atom is 0.248 e. The summed E-state index contributed by atoms with van der Waals surface area (Å²) in [6.45, 7) is 5.80. The highest BCUT2D eigenvalue weighted by atomic mass is 16.2. The lowest BCUT2D eigenvalue weighted by Crippen LogP contribution is -2.24. The van der Waals surface area contributed by atoms with Crippen molar-refractivity contribution in [3.05, 3.63) is 47.8 Å². The number of anilines is 1. The van der Waals surface area contributed by atoms with Crippen LogP contribution in [0, 0.1) is 13.8 Å². The van der Waals surface area contributed by atoms with Gasteiger partial charge in [0.1, 0.15) is 6.04 Å². The van der Waals surface area contributed by atoms with Gasteiger partial charge in [-0.05, 0) is 38.0 Å². The second-order valence-corrected chi connectivity index (χ2v) is 4.42. The Labute approximate surface area is 107 Å². The Morgan fingerprint density at radius 1 is 1.28 bits per heavy atom. The third kappa shape index (κ3) is 2.42. The molecule has 0 aliphatic heterocycles. The van der Waals surface area contributed by atoms with E-state index in [9.17, 15) is 4.79 Å². The smallest absolute Gasteiger partial charge is 0.248 e. The molecule has 1 aromatic heterocycles. The highest BCUT2D eigenvalue weighted by Gasteiger charge is 2.16. The van der Waals surface area contributed by atoms with E-state index in [2.05, 4.69) is 10.4 Å². The molecule has 2 rings (SSSR count). The van der Waals surface area contributed by atoms with Crippen molar-refractivity contribution in [2.24, 2.45) is 0 Å². The third-order valence-electron chi connectivity index (χ3n) is 3.03. The molecular formula is C14H17N3O. The van der Waals surface area contributed by atoms with Crippen molar-refractivity contribution in [1.29, 1.82) is 0 Å². The largest absolute Gasteiger partial charge is 0.324 e. The number of hydrogen-bond acceptors (Lipinski definition) is 2. The topological polar surface area (TPSA) is 46.9 Å². The van der Waals surface area contributed by atoms with Gasteiger partial charge >= 0.3 is 0 Å². The van der Waals surface area contributed by atoms with Crippen LogP contribution in [0.1, 0.15) is 24.1 Å². The quantitative estimate of drug-likeness (QED) is 0.901. The minimum Gasteiger partial charge on any atom is -0.324 e. The molecule has 0 fully saturated rings. The van der Waals surface area contributed by atoms with Crippen molar-refractivity contribution in [2.45, 2.75) is 26.8 Å². The zero-order valence-electron chi connectivity index (χ0n) is 10.8. The van der Waals surface area contributed by atoms with Crippen LogP contribution in [-0.2, 0) is 4.79 Å². The number of hydrogen-bond donors (Lipinski definition) is 1. The van der Waals surface area contributed by atoms with Gasteiger partial charge in [-0.15, -0.1) is 0 Å². The van der Waals surface area contributed by atoms with Gasteiger partial charge in [0.15, 0.2) is 0 Å². The Hall–Kier alpha value is -2.10. The zero-order valence-corrected chi connectivity index (χ0v) is 10.8. The average Bonchev–Trinajstić information content (AvgIpc) is 2.86. The molecule has 2 aromatic rings. The number of aryl methyl sites for hydroxylation is 2. The second-order valence-electron chi connectivity index (χ2n) is 4.42. The molecular weight excluding hydrogens is 226 g/mol. The molecule has 1 heterocycles. The Morgan fingerprint density at radius 2 is 1.94 bits per heavy atom. The van der Waals surface area contributed by atoms with Crippen molar-refractivity contribution in [1.82, 2.24) is 9.78 Å². The fourth-order valence-corrected chi connectivity index (χ4v) is 1.87. The number of nitrogens with one attached hydrogen (secondary N) is 1. The summed E-state index contributed by atoms with van der Waals surface area (Å²) in [6, 6.07) is 7.45. The molecule has 0 saturated carbocycles. The van der Waals surface area contributed by atoms with Crippen molar-refractivity contribution < 1.29 is 4.79 Å². The molecule has 1 N–H and O–H groups in total. The molecule has 1 unspecified atom stereocenters. The van der Waals surface area contributed by atoms with Gasteiger partial charge in [-0.3, -0.25) is 9.48 Å². The summed E-state index contributed by atoms with van der Waals surface area (Å²) in [5.74, 6) is -0.0592. The minimum absolute atomic E-state index is 0.0592. The summed E-state index contributed by atoms with van der Waals surface area (Å²) >= 11 is 0. The predicted octanol–water partition coefficient (Wildman–Crippen LogP) is 2.70. The van der Waals surface area contributed by atoms with Gasteiger partial charge in [-0.1, -0.05) is 18.2 Å². The summed E-state index contributed by atoms with van der Waals surface area (Å²) in [7, 11) is 0. The zero-order chi connectivity index (χ0) is 13.1. The first kappa shape index (κ1) is 12.4. The number of amides is 1. The number of aromatic nitrogens is 2. The number of para-hydroxylation sites is 1. The molecule has 0 aliphatic rings. The van der Waals surface area contributed by atoms with Gasteiger partial charge in [-0.2, -0.15) is 5.10 Å². The molecule has 0 aliphatic carbocycles. The summed E-state index contributed by atoms with van der Waals surface area (Å²) in [5.41, 5.74) is 3.02. The lowest BCUT2D eigenvalue weighted by molar-refractivity contribution is -0.119. The first-order valence-corrected chi connectivity index (χ1v) is 5.96. The standard InChI is InChI=1S/C14H17N3O/c1-10-6-4-7-11(2)13(10)16-14(18)12(3)17-9-5-8-15-17/h4-9,12H,1-3H3,(H,16,18). The number of rotatable bonds is 3. The highest BCUT2D eigenvalue weighted by molar-refractivity contribution is 5.94. The predicted molar refractivity (Wildman–Crippen MR) is 71.5 cm³/mol. The number of carbonyl (C=O) groups is 1. The van der Waals surface area contributed by atoms with Crippen LogP contribution in [0.4, 0.5) is 5.69 Å². The van der Waals surface area contributed by atoms with Gasteiger partial charge in [-0.25, -0.2) is 0 Å². The average molecular weight is 243 g/mol. The van der Waals surface area contributed by atoms with E-state index in [0.29, 0.717) is 0 Å². The fraction of sp³-hybridized carbons (Fsp3) is 0.286. The number of nitrogens with zero attached hydrogens (tertiary/aromatic N) is 2. The minimum atomic E-state index is -0.320. The van der Waals surface area contributed by atoms with Crippen LogP contribution in [0.2, 0.25) is 0 Å². The Kier molecular flexibility index (Phi) is 3.46. The molecule has 1 atom stereocenters. The molecule has 18 heavy (non-hydrogen) atoms. The van der Waals surface area contributed by atoms with E-state index >= 15 is 0 Å². The lowest BCUT2D eigenvalue weighted by atomic mass is 10.1. The van der Waals surface area contributed by atoms with Crippen LogP contribution in [0.3, 0.4) is 0 Å². The normalized spacial score (nSPS) is 12.2. The lowest BCUT2D eigenvalue weighted by Gasteiger charge is -2.15. The van der Waals surface area contributed by atoms with Gasteiger partial charge in [0.05, 0.1) is 0 Å². The monoisotopic (exact) mass is 243 g/mol.